The summed E-state index contributed by atoms with van der Waals surface area (Å²) < 4.78 is 21.9. The van der Waals surface area contributed by atoms with Crippen LogP contribution in [0.1, 0.15) is 44.6 Å². The SMILES string of the molecule is COC(=O)C1=C(NCCc2ccc(OC)c(OC)c2)C[C@@H](C2CCCC2)O[C@H]1C. The first-order chi connectivity index (χ1) is 14.1. The van der Waals surface area contributed by atoms with Crippen molar-refractivity contribution in [1.82, 2.24) is 5.32 Å². The fraction of sp³-hybridized carbons (Fsp3) is 0.609. The molecular weight excluding hydrogens is 370 g/mol. The minimum Gasteiger partial charge on any atom is -0.493 e. The summed E-state index contributed by atoms with van der Waals surface area (Å²) in [5, 5.41) is 3.51. The van der Waals surface area contributed by atoms with E-state index in [0.29, 0.717) is 11.5 Å². The number of esters is 1. The van der Waals surface area contributed by atoms with E-state index >= 15 is 0 Å². The predicted molar refractivity (Wildman–Crippen MR) is 111 cm³/mol. The molecule has 1 aromatic carbocycles. The van der Waals surface area contributed by atoms with Crippen LogP contribution in [0.5, 0.6) is 11.5 Å². The number of benzene rings is 1. The summed E-state index contributed by atoms with van der Waals surface area (Å²) in [5.41, 5.74) is 2.73. The number of methoxy groups -OCH3 is 3. The van der Waals surface area contributed by atoms with Gasteiger partial charge in [0.1, 0.15) is 0 Å². The van der Waals surface area contributed by atoms with Crippen molar-refractivity contribution in [3.8, 4) is 11.5 Å². The molecule has 2 aliphatic rings. The summed E-state index contributed by atoms with van der Waals surface area (Å²) in [6.07, 6.45) is 6.43. The van der Waals surface area contributed by atoms with E-state index in [2.05, 4.69) is 5.32 Å². The maximum Gasteiger partial charge on any atom is 0.338 e. The summed E-state index contributed by atoms with van der Waals surface area (Å²) >= 11 is 0. The molecule has 1 aromatic rings. The smallest absolute Gasteiger partial charge is 0.338 e. The van der Waals surface area contributed by atoms with Crippen LogP contribution in [0.15, 0.2) is 29.5 Å². The van der Waals surface area contributed by atoms with E-state index in [4.69, 9.17) is 18.9 Å². The Morgan fingerprint density at radius 1 is 1.14 bits per heavy atom. The second-order valence-electron chi connectivity index (χ2n) is 7.82. The van der Waals surface area contributed by atoms with Gasteiger partial charge < -0.3 is 24.3 Å². The van der Waals surface area contributed by atoms with Crippen LogP contribution in [0, 0.1) is 5.92 Å². The van der Waals surface area contributed by atoms with Crippen LogP contribution in [0.2, 0.25) is 0 Å². The third kappa shape index (κ3) is 5.04. The third-order valence-electron chi connectivity index (χ3n) is 6.05. The van der Waals surface area contributed by atoms with Crippen molar-refractivity contribution in [3.63, 3.8) is 0 Å². The Hall–Kier alpha value is -2.21. The third-order valence-corrected chi connectivity index (χ3v) is 6.05. The number of hydrogen-bond donors (Lipinski definition) is 1. The van der Waals surface area contributed by atoms with Crippen molar-refractivity contribution < 1.29 is 23.7 Å². The molecule has 0 saturated heterocycles. The van der Waals surface area contributed by atoms with E-state index in [0.717, 1.165) is 42.1 Å². The Bertz CT molecular complexity index is 739. The molecule has 3 rings (SSSR count). The first-order valence-electron chi connectivity index (χ1n) is 10.5. The predicted octanol–water partition coefficient (Wildman–Crippen LogP) is 3.63. The van der Waals surface area contributed by atoms with Gasteiger partial charge in [0.2, 0.25) is 0 Å². The molecule has 160 valence electrons. The van der Waals surface area contributed by atoms with E-state index in [9.17, 15) is 4.79 Å². The molecule has 0 aromatic heterocycles. The highest BCUT2D eigenvalue weighted by atomic mass is 16.5. The van der Waals surface area contributed by atoms with E-state index in [1.165, 1.54) is 32.8 Å². The standard InChI is InChI=1S/C23H33NO5/c1-15-22(23(25)28-4)18(14-20(29-15)17-7-5-6-8-17)24-12-11-16-9-10-19(26-2)21(13-16)27-3/h9-10,13,15,17,20,24H,5-8,11-12,14H2,1-4H3/t15-,20-/m0/s1. The average molecular weight is 404 g/mol. The molecule has 0 unspecified atom stereocenters. The van der Waals surface area contributed by atoms with Gasteiger partial charge in [-0.1, -0.05) is 18.9 Å². The van der Waals surface area contributed by atoms with Crippen molar-refractivity contribution in [3.05, 3.63) is 35.0 Å². The molecule has 1 N–H and O–H groups in total. The normalized spacial score (nSPS) is 22.5. The van der Waals surface area contributed by atoms with Gasteiger partial charge in [-0.2, -0.15) is 0 Å². The zero-order valence-electron chi connectivity index (χ0n) is 18.0. The molecule has 6 nitrogen and oxygen atoms in total. The van der Waals surface area contributed by atoms with Crippen LogP contribution in [-0.4, -0.2) is 46.1 Å². The van der Waals surface area contributed by atoms with Crippen LogP contribution >= 0.6 is 0 Å². The first-order valence-corrected chi connectivity index (χ1v) is 10.5. The Morgan fingerprint density at radius 3 is 2.52 bits per heavy atom. The number of ether oxygens (including phenoxy) is 4. The van der Waals surface area contributed by atoms with Gasteiger partial charge >= 0.3 is 5.97 Å². The second-order valence-corrected chi connectivity index (χ2v) is 7.82. The fourth-order valence-corrected chi connectivity index (χ4v) is 4.50. The van der Waals surface area contributed by atoms with E-state index in [1.807, 2.05) is 25.1 Å². The molecule has 1 heterocycles. The molecule has 1 aliphatic heterocycles. The number of carbonyl (C=O) groups is 1. The van der Waals surface area contributed by atoms with Crippen LogP contribution in [0.25, 0.3) is 0 Å². The maximum absolute atomic E-state index is 12.4. The highest BCUT2D eigenvalue weighted by Gasteiger charge is 2.36. The van der Waals surface area contributed by atoms with Gasteiger partial charge in [-0.25, -0.2) is 4.79 Å². The summed E-state index contributed by atoms with van der Waals surface area (Å²) in [4.78, 5) is 12.4. The summed E-state index contributed by atoms with van der Waals surface area (Å²) in [7, 11) is 4.69. The van der Waals surface area contributed by atoms with Crippen LogP contribution in [0.3, 0.4) is 0 Å². The largest absolute Gasteiger partial charge is 0.493 e. The van der Waals surface area contributed by atoms with Gasteiger partial charge in [0, 0.05) is 18.7 Å². The van der Waals surface area contributed by atoms with Crippen LogP contribution in [-0.2, 0) is 20.7 Å². The van der Waals surface area contributed by atoms with Crippen molar-refractivity contribution >= 4 is 5.97 Å². The minimum absolute atomic E-state index is 0.171. The van der Waals surface area contributed by atoms with Crippen LogP contribution < -0.4 is 14.8 Å². The van der Waals surface area contributed by atoms with E-state index in [1.54, 1.807) is 14.2 Å². The monoisotopic (exact) mass is 403 g/mol. The molecule has 0 amide bonds. The maximum atomic E-state index is 12.4. The molecule has 0 radical (unpaired) electrons. The molecule has 0 bridgehead atoms. The molecule has 1 fully saturated rings. The Morgan fingerprint density at radius 2 is 1.86 bits per heavy atom. The zero-order valence-corrected chi connectivity index (χ0v) is 18.0. The first kappa shape index (κ1) is 21.5. The summed E-state index contributed by atoms with van der Waals surface area (Å²) in [5.74, 6) is 1.72. The van der Waals surface area contributed by atoms with Gasteiger partial charge in [0.15, 0.2) is 11.5 Å². The molecule has 1 aliphatic carbocycles. The van der Waals surface area contributed by atoms with Gasteiger partial charge in [-0.15, -0.1) is 0 Å². The fourth-order valence-electron chi connectivity index (χ4n) is 4.50. The van der Waals surface area contributed by atoms with Gasteiger partial charge in [0.25, 0.3) is 0 Å². The minimum atomic E-state index is -0.309. The van der Waals surface area contributed by atoms with Gasteiger partial charge in [-0.05, 0) is 49.8 Å². The zero-order chi connectivity index (χ0) is 20.8. The number of rotatable bonds is 8. The topological polar surface area (TPSA) is 66.0 Å². The molecular formula is C23H33NO5. The molecule has 2 atom stereocenters. The summed E-state index contributed by atoms with van der Waals surface area (Å²) in [6, 6.07) is 5.94. The average Bonchev–Trinajstić information content (AvgIpc) is 3.27. The molecule has 0 spiro atoms. The van der Waals surface area contributed by atoms with E-state index in [-0.39, 0.29) is 18.2 Å². The Balaban J connectivity index is 1.70. The number of nitrogens with one attached hydrogen (secondary N) is 1. The highest BCUT2D eigenvalue weighted by molar-refractivity contribution is 5.90. The lowest BCUT2D eigenvalue weighted by atomic mass is 9.91. The second kappa shape index (κ2) is 10.0. The van der Waals surface area contributed by atoms with Crippen molar-refractivity contribution in [1.29, 1.82) is 0 Å². The quantitative estimate of drug-likeness (QED) is 0.669. The van der Waals surface area contributed by atoms with Crippen molar-refractivity contribution in [2.75, 3.05) is 27.9 Å². The lowest BCUT2D eigenvalue weighted by Crippen LogP contribution is -2.39. The van der Waals surface area contributed by atoms with Crippen LogP contribution in [0.4, 0.5) is 0 Å². The molecule has 29 heavy (non-hydrogen) atoms. The Labute approximate surface area is 173 Å². The molecule has 1 saturated carbocycles. The van der Waals surface area contributed by atoms with Gasteiger partial charge in [-0.3, -0.25) is 0 Å². The molecule has 6 heteroatoms. The number of carbonyl (C=O) groups excluding carboxylic acids is 1. The highest BCUT2D eigenvalue weighted by Crippen LogP contribution is 2.36. The van der Waals surface area contributed by atoms with E-state index < -0.39 is 0 Å². The van der Waals surface area contributed by atoms with Gasteiger partial charge in [0.05, 0.1) is 39.1 Å². The van der Waals surface area contributed by atoms with Crippen molar-refractivity contribution in [2.45, 2.75) is 57.7 Å². The lowest BCUT2D eigenvalue weighted by Gasteiger charge is -2.35. The summed E-state index contributed by atoms with van der Waals surface area (Å²) in [6.45, 7) is 2.67. The van der Waals surface area contributed by atoms with Crippen molar-refractivity contribution in [2.24, 2.45) is 5.92 Å². The number of hydrogen-bond acceptors (Lipinski definition) is 6. The lowest BCUT2D eigenvalue weighted by molar-refractivity contribution is -0.139. The Kier molecular flexibility index (Phi) is 7.42.